The van der Waals surface area contributed by atoms with Gasteiger partial charge < -0.3 is 15.0 Å². The molecule has 0 aromatic heterocycles. The van der Waals surface area contributed by atoms with Crippen LogP contribution >= 0.6 is 0 Å². The molecule has 0 spiro atoms. The number of nitrogens with zero attached hydrogens (tertiary/aromatic N) is 1. The summed E-state index contributed by atoms with van der Waals surface area (Å²) in [6.07, 6.45) is 6.28. The first-order valence-electron chi connectivity index (χ1n) is 6.58. The minimum Gasteiger partial charge on any atom is -0.379 e. The zero-order valence-electron chi connectivity index (χ0n) is 10.5. The van der Waals surface area contributed by atoms with Crippen LogP contribution in [0, 0.1) is 5.92 Å². The fraction of sp³-hybridized carbons (Fsp3) is 0.769. The largest absolute Gasteiger partial charge is 0.379 e. The van der Waals surface area contributed by atoms with E-state index in [-0.39, 0.29) is 17.9 Å². The molecule has 0 aromatic rings. The topological polar surface area (TPSA) is 41.6 Å². The van der Waals surface area contributed by atoms with E-state index in [0.29, 0.717) is 13.2 Å². The lowest BCUT2D eigenvalue weighted by atomic mass is 10.0. The molecule has 2 aliphatic rings. The van der Waals surface area contributed by atoms with Crippen molar-refractivity contribution in [2.45, 2.75) is 25.8 Å². The number of nitrogens with one attached hydrogen (secondary N) is 1. The highest BCUT2D eigenvalue weighted by molar-refractivity contribution is 5.80. The standard InChI is InChI=1S/C13H22N2O2/c1-2-6-14-12-10-17-9-11(12)13(16)15-7-4-3-5-8-15/h3-4,11-12,14H,2,5-10H2,1H3. The van der Waals surface area contributed by atoms with Crippen LogP contribution in [0.2, 0.25) is 0 Å². The molecule has 0 aliphatic carbocycles. The summed E-state index contributed by atoms with van der Waals surface area (Å²) in [4.78, 5) is 14.3. The molecule has 4 nitrogen and oxygen atoms in total. The smallest absolute Gasteiger partial charge is 0.229 e. The van der Waals surface area contributed by atoms with Gasteiger partial charge >= 0.3 is 0 Å². The van der Waals surface area contributed by atoms with Gasteiger partial charge in [0.15, 0.2) is 0 Å². The maximum absolute atomic E-state index is 12.3. The van der Waals surface area contributed by atoms with E-state index in [2.05, 4.69) is 24.4 Å². The predicted molar refractivity (Wildman–Crippen MR) is 66.7 cm³/mol. The highest BCUT2D eigenvalue weighted by atomic mass is 16.5. The third-order valence-electron chi connectivity index (χ3n) is 3.42. The third kappa shape index (κ3) is 3.07. The summed E-state index contributed by atoms with van der Waals surface area (Å²) in [7, 11) is 0. The molecule has 2 rings (SSSR count). The highest BCUT2D eigenvalue weighted by Gasteiger charge is 2.35. The molecule has 0 saturated carbocycles. The lowest BCUT2D eigenvalue weighted by Crippen LogP contribution is -2.46. The molecule has 4 heteroatoms. The quantitative estimate of drug-likeness (QED) is 0.736. The molecule has 0 bridgehead atoms. The molecule has 96 valence electrons. The van der Waals surface area contributed by atoms with Gasteiger partial charge in [0.25, 0.3) is 0 Å². The SMILES string of the molecule is CCCNC1COCC1C(=O)N1CC=CCC1. The van der Waals surface area contributed by atoms with Gasteiger partial charge in [-0.1, -0.05) is 19.1 Å². The fourth-order valence-corrected chi connectivity index (χ4v) is 2.40. The van der Waals surface area contributed by atoms with Crippen molar-refractivity contribution in [1.82, 2.24) is 10.2 Å². The second-order valence-electron chi connectivity index (χ2n) is 4.75. The lowest BCUT2D eigenvalue weighted by Gasteiger charge is -2.28. The molecule has 1 N–H and O–H groups in total. The summed E-state index contributed by atoms with van der Waals surface area (Å²) >= 11 is 0. The van der Waals surface area contributed by atoms with E-state index < -0.39 is 0 Å². The van der Waals surface area contributed by atoms with Crippen molar-refractivity contribution in [3.05, 3.63) is 12.2 Å². The van der Waals surface area contributed by atoms with Gasteiger partial charge in [-0.2, -0.15) is 0 Å². The number of hydrogen-bond donors (Lipinski definition) is 1. The average Bonchev–Trinajstić information content (AvgIpc) is 2.84. The highest BCUT2D eigenvalue weighted by Crippen LogP contribution is 2.18. The Labute approximate surface area is 103 Å². The van der Waals surface area contributed by atoms with Crippen LogP contribution < -0.4 is 5.32 Å². The number of hydrogen-bond acceptors (Lipinski definition) is 3. The summed E-state index contributed by atoms with van der Waals surface area (Å²) in [5.74, 6) is 0.258. The van der Waals surface area contributed by atoms with Gasteiger partial charge in [0.05, 0.1) is 19.1 Å². The Kier molecular flexibility index (Phi) is 4.57. The number of rotatable bonds is 4. The van der Waals surface area contributed by atoms with Crippen molar-refractivity contribution in [2.24, 2.45) is 5.92 Å². The van der Waals surface area contributed by atoms with Gasteiger partial charge in [0, 0.05) is 19.1 Å². The molecular weight excluding hydrogens is 216 g/mol. The Hall–Kier alpha value is -0.870. The average molecular weight is 238 g/mol. The second-order valence-corrected chi connectivity index (χ2v) is 4.75. The van der Waals surface area contributed by atoms with E-state index in [1.165, 1.54) is 0 Å². The van der Waals surface area contributed by atoms with Crippen LogP contribution in [0.4, 0.5) is 0 Å². The van der Waals surface area contributed by atoms with E-state index >= 15 is 0 Å². The summed E-state index contributed by atoms with van der Waals surface area (Å²) in [5, 5.41) is 3.41. The predicted octanol–water partition coefficient (Wildman–Crippen LogP) is 0.789. The normalized spacial score (nSPS) is 28.6. The van der Waals surface area contributed by atoms with Crippen molar-refractivity contribution in [2.75, 3.05) is 32.8 Å². The number of ether oxygens (including phenoxy) is 1. The zero-order chi connectivity index (χ0) is 12.1. The molecule has 2 aliphatic heterocycles. The molecule has 1 saturated heterocycles. The van der Waals surface area contributed by atoms with E-state index in [1.807, 2.05) is 4.90 Å². The van der Waals surface area contributed by atoms with Crippen molar-refractivity contribution < 1.29 is 9.53 Å². The maximum atomic E-state index is 12.3. The van der Waals surface area contributed by atoms with Crippen LogP contribution in [-0.4, -0.2) is 49.7 Å². The first-order valence-corrected chi connectivity index (χ1v) is 6.58. The van der Waals surface area contributed by atoms with Crippen LogP contribution in [-0.2, 0) is 9.53 Å². The van der Waals surface area contributed by atoms with Crippen LogP contribution in [0.5, 0.6) is 0 Å². The van der Waals surface area contributed by atoms with Crippen molar-refractivity contribution >= 4 is 5.91 Å². The summed E-state index contributed by atoms with van der Waals surface area (Å²) < 4.78 is 5.45. The molecule has 0 radical (unpaired) electrons. The number of carbonyl (C=O) groups excluding carboxylic acids is 1. The Morgan fingerprint density at radius 1 is 1.47 bits per heavy atom. The molecule has 1 amide bonds. The van der Waals surface area contributed by atoms with Crippen LogP contribution in [0.25, 0.3) is 0 Å². The Morgan fingerprint density at radius 3 is 3.06 bits per heavy atom. The summed E-state index contributed by atoms with van der Waals surface area (Å²) in [5.41, 5.74) is 0. The molecular formula is C13H22N2O2. The maximum Gasteiger partial charge on any atom is 0.229 e. The minimum absolute atomic E-state index is 0.00745. The Morgan fingerprint density at radius 2 is 2.35 bits per heavy atom. The third-order valence-corrected chi connectivity index (χ3v) is 3.42. The lowest BCUT2D eigenvalue weighted by molar-refractivity contribution is -0.135. The van der Waals surface area contributed by atoms with Crippen LogP contribution in [0.3, 0.4) is 0 Å². The van der Waals surface area contributed by atoms with Gasteiger partial charge in [0.2, 0.25) is 5.91 Å². The first-order chi connectivity index (χ1) is 8.33. The number of amides is 1. The Balaban J connectivity index is 1.90. The molecule has 2 unspecified atom stereocenters. The number of carbonyl (C=O) groups is 1. The molecule has 2 atom stereocenters. The molecule has 0 aromatic carbocycles. The minimum atomic E-state index is 0.00745. The van der Waals surface area contributed by atoms with E-state index in [4.69, 9.17) is 4.74 Å². The van der Waals surface area contributed by atoms with Crippen molar-refractivity contribution in [3.63, 3.8) is 0 Å². The molecule has 2 heterocycles. The fourth-order valence-electron chi connectivity index (χ4n) is 2.40. The summed E-state index contributed by atoms with van der Waals surface area (Å²) in [6.45, 7) is 5.94. The van der Waals surface area contributed by atoms with Gasteiger partial charge in [-0.15, -0.1) is 0 Å². The molecule has 1 fully saturated rings. The van der Waals surface area contributed by atoms with E-state index in [1.54, 1.807) is 0 Å². The van der Waals surface area contributed by atoms with Gasteiger partial charge in [-0.05, 0) is 19.4 Å². The molecule has 17 heavy (non-hydrogen) atoms. The summed E-state index contributed by atoms with van der Waals surface area (Å²) in [6, 6.07) is 0.202. The van der Waals surface area contributed by atoms with Crippen molar-refractivity contribution in [1.29, 1.82) is 0 Å². The van der Waals surface area contributed by atoms with E-state index in [0.717, 1.165) is 32.5 Å². The monoisotopic (exact) mass is 238 g/mol. The second kappa shape index (κ2) is 6.17. The Bertz CT molecular complexity index is 291. The first kappa shape index (κ1) is 12.6. The van der Waals surface area contributed by atoms with Crippen LogP contribution in [0.15, 0.2) is 12.2 Å². The van der Waals surface area contributed by atoms with Gasteiger partial charge in [0.1, 0.15) is 0 Å². The van der Waals surface area contributed by atoms with Gasteiger partial charge in [-0.3, -0.25) is 4.79 Å². The zero-order valence-corrected chi connectivity index (χ0v) is 10.5. The van der Waals surface area contributed by atoms with Crippen molar-refractivity contribution in [3.8, 4) is 0 Å². The van der Waals surface area contributed by atoms with Crippen LogP contribution in [0.1, 0.15) is 19.8 Å². The van der Waals surface area contributed by atoms with E-state index in [9.17, 15) is 4.79 Å². The van der Waals surface area contributed by atoms with Gasteiger partial charge in [-0.25, -0.2) is 0 Å².